The molecule has 0 amide bonds. The van der Waals surface area contributed by atoms with Crippen molar-refractivity contribution < 1.29 is 4.74 Å². The highest BCUT2D eigenvalue weighted by Crippen LogP contribution is 2.24. The average molecular weight is 309 g/mol. The van der Waals surface area contributed by atoms with E-state index >= 15 is 0 Å². The van der Waals surface area contributed by atoms with Crippen molar-refractivity contribution in [1.29, 1.82) is 0 Å². The minimum absolute atomic E-state index is 0.835. The van der Waals surface area contributed by atoms with Crippen LogP contribution in [0.1, 0.15) is 10.6 Å². The predicted molar refractivity (Wildman–Crippen MR) is 90.0 cm³/mol. The second-order valence-corrected chi connectivity index (χ2v) is 5.32. The van der Waals surface area contributed by atoms with Gasteiger partial charge in [-0.2, -0.15) is 4.37 Å². The molecule has 0 bridgehead atoms. The Morgan fingerprint density at radius 2 is 1.86 bits per heavy atom. The van der Waals surface area contributed by atoms with Gasteiger partial charge >= 0.3 is 0 Å². The zero-order valence-corrected chi connectivity index (χ0v) is 12.9. The first-order valence-electron chi connectivity index (χ1n) is 6.80. The second kappa shape index (κ2) is 6.87. The Hall–Kier alpha value is -2.66. The van der Waals surface area contributed by atoms with Gasteiger partial charge in [-0.3, -0.25) is 0 Å². The van der Waals surface area contributed by atoms with E-state index in [1.54, 1.807) is 13.4 Å². The maximum Gasteiger partial charge on any atom is 0.145 e. The van der Waals surface area contributed by atoms with Crippen LogP contribution < -0.4 is 10.1 Å². The van der Waals surface area contributed by atoms with Crippen LogP contribution >= 0.6 is 11.5 Å². The molecule has 110 valence electrons. The third-order valence-corrected chi connectivity index (χ3v) is 3.85. The molecule has 0 radical (unpaired) electrons. The minimum Gasteiger partial charge on any atom is -0.497 e. The Morgan fingerprint density at radius 3 is 2.50 bits per heavy atom. The third kappa shape index (κ3) is 3.32. The molecule has 3 aromatic rings. The molecular formula is C17H15N3OS. The summed E-state index contributed by atoms with van der Waals surface area (Å²) in [5.41, 5.74) is 3.10. The number of rotatable bonds is 5. The van der Waals surface area contributed by atoms with Crippen LogP contribution in [0.4, 0.5) is 5.69 Å². The molecule has 0 aliphatic carbocycles. The minimum atomic E-state index is 0.835. The molecule has 0 saturated carbocycles. The van der Waals surface area contributed by atoms with Gasteiger partial charge in [-0.1, -0.05) is 30.3 Å². The number of hydrogen-bond donors (Lipinski definition) is 1. The van der Waals surface area contributed by atoms with Gasteiger partial charge in [-0.25, -0.2) is 4.98 Å². The Balaban J connectivity index is 1.88. The van der Waals surface area contributed by atoms with Crippen LogP contribution in [-0.2, 0) is 0 Å². The molecule has 1 N–H and O–H groups in total. The summed E-state index contributed by atoms with van der Waals surface area (Å²) < 4.78 is 9.25. The van der Waals surface area contributed by atoms with E-state index < -0.39 is 0 Å². The van der Waals surface area contributed by atoms with E-state index in [4.69, 9.17) is 4.74 Å². The van der Waals surface area contributed by atoms with Crippen molar-refractivity contribution in [2.24, 2.45) is 0 Å². The lowest BCUT2D eigenvalue weighted by atomic mass is 10.1. The molecule has 4 nitrogen and oxygen atoms in total. The van der Waals surface area contributed by atoms with Crippen molar-refractivity contribution in [1.82, 2.24) is 9.36 Å². The Bertz CT molecular complexity index is 737. The quantitative estimate of drug-likeness (QED) is 0.772. The molecule has 1 heterocycles. The van der Waals surface area contributed by atoms with Crippen LogP contribution in [0.2, 0.25) is 0 Å². The van der Waals surface area contributed by atoms with Crippen LogP contribution in [0, 0.1) is 0 Å². The highest BCUT2D eigenvalue weighted by molar-refractivity contribution is 7.06. The van der Waals surface area contributed by atoms with E-state index in [0.29, 0.717) is 0 Å². The lowest BCUT2D eigenvalue weighted by molar-refractivity contribution is 0.415. The van der Waals surface area contributed by atoms with Crippen molar-refractivity contribution in [3.05, 3.63) is 77.7 Å². The van der Waals surface area contributed by atoms with Gasteiger partial charge in [0.05, 0.1) is 7.11 Å². The molecule has 0 atom stereocenters. The highest BCUT2D eigenvalue weighted by atomic mass is 32.1. The van der Waals surface area contributed by atoms with E-state index in [-0.39, 0.29) is 0 Å². The first-order chi connectivity index (χ1) is 10.9. The molecule has 0 unspecified atom stereocenters. The van der Waals surface area contributed by atoms with E-state index in [0.717, 1.165) is 27.6 Å². The molecule has 0 spiro atoms. The highest BCUT2D eigenvalue weighted by Gasteiger charge is 2.08. The second-order valence-electron chi connectivity index (χ2n) is 4.54. The number of hydrogen-bond acceptors (Lipinski definition) is 5. The number of benzene rings is 2. The molecule has 1 aromatic heterocycles. The van der Waals surface area contributed by atoms with Gasteiger partial charge in [-0.05, 0) is 41.4 Å². The van der Waals surface area contributed by atoms with Crippen LogP contribution in [-0.4, -0.2) is 16.5 Å². The van der Waals surface area contributed by atoms with Crippen LogP contribution in [0.5, 0.6) is 5.75 Å². The maximum atomic E-state index is 5.16. The molecular weight excluding hydrogens is 294 g/mol. The Kier molecular flexibility index (Phi) is 4.46. The fourth-order valence-electron chi connectivity index (χ4n) is 2.02. The van der Waals surface area contributed by atoms with Crippen molar-refractivity contribution >= 4 is 22.8 Å². The molecule has 0 aliphatic rings. The summed E-state index contributed by atoms with van der Waals surface area (Å²) in [5.74, 6) is 0.835. The third-order valence-electron chi connectivity index (χ3n) is 3.15. The first-order valence-corrected chi connectivity index (χ1v) is 7.57. The van der Waals surface area contributed by atoms with Crippen molar-refractivity contribution in [2.45, 2.75) is 0 Å². The summed E-state index contributed by atoms with van der Waals surface area (Å²) in [6.07, 6.45) is 3.53. The smallest absolute Gasteiger partial charge is 0.145 e. The molecule has 2 aromatic carbocycles. The first kappa shape index (κ1) is 14.3. The molecule has 0 aliphatic heterocycles. The standard InChI is InChI=1S/C17H15N3OS/c1-21-15-9-7-14(8-10-15)18-11-16(17-19-12-20-22-17)13-5-3-2-4-6-13/h2-12,18H,1H3/b16-11-. The number of anilines is 1. The largest absolute Gasteiger partial charge is 0.497 e. The zero-order chi connectivity index (χ0) is 15.2. The zero-order valence-electron chi connectivity index (χ0n) is 12.1. The summed E-state index contributed by atoms with van der Waals surface area (Å²) in [7, 11) is 1.66. The van der Waals surface area contributed by atoms with Gasteiger partial charge in [0, 0.05) is 17.5 Å². The number of nitrogens with one attached hydrogen (secondary N) is 1. The molecule has 22 heavy (non-hydrogen) atoms. The van der Waals surface area contributed by atoms with Crippen molar-refractivity contribution in [3.8, 4) is 5.75 Å². The van der Waals surface area contributed by atoms with E-state index in [1.165, 1.54) is 11.5 Å². The topological polar surface area (TPSA) is 47.0 Å². The summed E-state index contributed by atoms with van der Waals surface area (Å²) in [6, 6.07) is 17.9. The van der Waals surface area contributed by atoms with Crippen LogP contribution in [0.15, 0.2) is 67.1 Å². The van der Waals surface area contributed by atoms with Gasteiger partial charge < -0.3 is 10.1 Å². The lowest BCUT2D eigenvalue weighted by Gasteiger charge is -2.07. The van der Waals surface area contributed by atoms with Crippen molar-refractivity contribution in [2.75, 3.05) is 12.4 Å². The predicted octanol–water partition coefficient (Wildman–Crippen LogP) is 4.05. The number of aromatic nitrogens is 2. The van der Waals surface area contributed by atoms with Gasteiger partial charge in [0.1, 0.15) is 17.1 Å². The molecule has 0 fully saturated rings. The number of nitrogens with zero attached hydrogens (tertiary/aromatic N) is 2. The fraction of sp³-hybridized carbons (Fsp3) is 0.0588. The molecule has 3 rings (SSSR count). The van der Waals surface area contributed by atoms with Crippen LogP contribution in [0.3, 0.4) is 0 Å². The molecule has 0 saturated heterocycles. The van der Waals surface area contributed by atoms with Gasteiger partial charge in [0.2, 0.25) is 0 Å². The maximum absolute atomic E-state index is 5.16. The fourth-order valence-corrected chi connectivity index (χ4v) is 2.58. The van der Waals surface area contributed by atoms with Crippen molar-refractivity contribution in [3.63, 3.8) is 0 Å². The van der Waals surface area contributed by atoms with Gasteiger partial charge in [0.15, 0.2) is 0 Å². The van der Waals surface area contributed by atoms with Gasteiger partial charge in [-0.15, -0.1) is 0 Å². The Labute approximate surface area is 133 Å². The Morgan fingerprint density at radius 1 is 1.09 bits per heavy atom. The van der Waals surface area contributed by atoms with E-state index in [1.807, 2.05) is 48.7 Å². The number of methoxy groups -OCH3 is 1. The van der Waals surface area contributed by atoms with Gasteiger partial charge in [0.25, 0.3) is 0 Å². The molecule has 5 heteroatoms. The summed E-state index contributed by atoms with van der Waals surface area (Å²) >= 11 is 1.38. The SMILES string of the molecule is COc1ccc(N/C=C(/c2ccccc2)c2ncns2)cc1. The lowest BCUT2D eigenvalue weighted by Crippen LogP contribution is -1.94. The van der Waals surface area contributed by atoms with E-state index in [2.05, 4.69) is 26.8 Å². The summed E-state index contributed by atoms with van der Waals surface area (Å²) in [4.78, 5) is 4.31. The normalized spacial score (nSPS) is 11.2. The van der Waals surface area contributed by atoms with E-state index in [9.17, 15) is 0 Å². The van der Waals surface area contributed by atoms with Crippen LogP contribution in [0.25, 0.3) is 5.57 Å². The average Bonchev–Trinajstić information content (AvgIpc) is 3.11. The monoisotopic (exact) mass is 309 g/mol. The summed E-state index contributed by atoms with van der Waals surface area (Å²) in [5, 5.41) is 4.19. The number of ether oxygens (including phenoxy) is 1. The summed E-state index contributed by atoms with van der Waals surface area (Å²) in [6.45, 7) is 0.